The van der Waals surface area contributed by atoms with Gasteiger partial charge in [-0.05, 0) is 49.8 Å². The number of benzene rings is 1. The van der Waals surface area contributed by atoms with E-state index in [0.29, 0.717) is 5.92 Å². The van der Waals surface area contributed by atoms with Gasteiger partial charge in [-0.2, -0.15) is 0 Å². The Morgan fingerprint density at radius 2 is 1.83 bits per heavy atom. The minimum Gasteiger partial charge on any atom is -0.491 e. The molecule has 2 atom stereocenters. The molecule has 0 radical (unpaired) electrons. The maximum Gasteiger partial charge on any atom is 0.123 e. The van der Waals surface area contributed by atoms with Crippen molar-refractivity contribution in [3.05, 3.63) is 29.8 Å². The molecule has 1 rings (SSSR count). The molecule has 18 heavy (non-hydrogen) atoms. The van der Waals surface area contributed by atoms with Crippen LogP contribution in [0.5, 0.6) is 5.75 Å². The molecule has 2 N–H and O–H groups in total. The van der Waals surface area contributed by atoms with Crippen LogP contribution in [0.3, 0.4) is 0 Å². The fourth-order valence-corrected chi connectivity index (χ4v) is 1.93. The smallest absolute Gasteiger partial charge is 0.123 e. The van der Waals surface area contributed by atoms with Crippen molar-refractivity contribution in [2.45, 2.75) is 39.2 Å². The van der Waals surface area contributed by atoms with E-state index in [1.807, 2.05) is 19.1 Å². The van der Waals surface area contributed by atoms with Gasteiger partial charge >= 0.3 is 0 Å². The monoisotopic (exact) mass is 253 g/mol. The summed E-state index contributed by atoms with van der Waals surface area (Å²) >= 11 is 0. The summed E-state index contributed by atoms with van der Waals surface area (Å²) in [6.07, 6.45) is 3.27. The maximum atomic E-state index is 11.9. The van der Waals surface area contributed by atoms with E-state index in [1.165, 1.54) is 5.56 Å². The minimum absolute atomic E-state index is 0.129. The number of nitrogens with two attached hydrogens (primary N) is 1. The lowest BCUT2D eigenvalue weighted by atomic mass is 9.95. The summed E-state index contributed by atoms with van der Waals surface area (Å²) in [5, 5.41) is 0. The zero-order chi connectivity index (χ0) is 13.4. The number of rotatable bonds is 8. The molecular formula is C15H24FNO. The highest BCUT2D eigenvalue weighted by molar-refractivity contribution is 5.27. The minimum atomic E-state index is -0.448. The van der Waals surface area contributed by atoms with Gasteiger partial charge in [-0.25, -0.2) is 4.39 Å². The van der Waals surface area contributed by atoms with Gasteiger partial charge in [0.15, 0.2) is 0 Å². The van der Waals surface area contributed by atoms with E-state index in [9.17, 15) is 4.39 Å². The van der Waals surface area contributed by atoms with Crippen LogP contribution in [-0.2, 0) is 6.42 Å². The van der Waals surface area contributed by atoms with Gasteiger partial charge in [0.2, 0.25) is 0 Å². The van der Waals surface area contributed by atoms with Crippen molar-refractivity contribution in [1.29, 1.82) is 0 Å². The van der Waals surface area contributed by atoms with E-state index in [1.54, 1.807) is 0 Å². The largest absolute Gasteiger partial charge is 0.491 e. The van der Waals surface area contributed by atoms with E-state index in [0.717, 1.165) is 25.0 Å². The average molecular weight is 253 g/mol. The molecule has 0 amide bonds. The Labute approximate surface area is 109 Å². The predicted octanol–water partition coefficient (Wildman–Crippen LogP) is 3.34. The van der Waals surface area contributed by atoms with Gasteiger partial charge in [-0.15, -0.1) is 0 Å². The molecule has 1 aromatic rings. The van der Waals surface area contributed by atoms with E-state index in [-0.39, 0.29) is 12.6 Å². The molecule has 0 aliphatic heterocycles. The highest BCUT2D eigenvalue weighted by Gasteiger charge is 2.05. The summed E-state index contributed by atoms with van der Waals surface area (Å²) in [6.45, 7) is 3.97. The van der Waals surface area contributed by atoms with Gasteiger partial charge in [0, 0.05) is 6.04 Å². The molecule has 1 aromatic carbocycles. The molecule has 0 aliphatic rings. The first-order valence-electron chi connectivity index (χ1n) is 6.65. The Morgan fingerprint density at radius 1 is 1.17 bits per heavy atom. The van der Waals surface area contributed by atoms with Gasteiger partial charge in [0.25, 0.3) is 0 Å². The molecule has 0 saturated heterocycles. The van der Waals surface area contributed by atoms with Crippen LogP contribution in [0.2, 0.25) is 0 Å². The standard InChI is InChI=1S/C15H24FNO/c1-12(3-4-13(2)17)11-14-5-7-15(8-6-14)18-10-9-16/h5-8,12-13H,3-4,9-11,17H2,1-2H3/t12-,13-/m0/s1. The molecule has 102 valence electrons. The number of hydrogen-bond donors (Lipinski definition) is 1. The molecule has 0 aliphatic carbocycles. The van der Waals surface area contributed by atoms with Crippen LogP contribution in [-0.4, -0.2) is 19.3 Å². The Hall–Kier alpha value is -1.09. The van der Waals surface area contributed by atoms with Crippen molar-refractivity contribution in [2.24, 2.45) is 11.7 Å². The predicted molar refractivity (Wildman–Crippen MR) is 73.7 cm³/mol. The molecule has 0 spiro atoms. The van der Waals surface area contributed by atoms with Crippen molar-refractivity contribution in [3.63, 3.8) is 0 Å². The van der Waals surface area contributed by atoms with Crippen LogP contribution in [0.1, 0.15) is 32.3 Å². The van der Waals surface area contributed by atoms with Crippen molar-refractivity contribution in [2.75, 3.05) is 13.3 Å². The van der Waals surface area contributed by atoms with Crippen LogP contribution < -0.4 is 10.5 Å². The molecule has 2 nitrogen and oxygen atoms in total. The number of halogens is 1. The Bertz CT molecular complexity index is 324. The summed E-state index contributed by atoms with van der Waals surface area (Å²) in [5.74, 6) is 1.37. The summed E-state index contributed by atoms with van der Waals surface area (Å²) < 4.78 is 17.1. The molecule has 0 heterocycles. The second-order valence-corrected chi connectivity index (χ2v) is 5.05. The van der Waals surface area contributed by atoms with Gasteiger partial charge in [-0.1, -0.05) is 19.1 Å². The topological polar surface area (TPSA) is 35.2 Å². The van der Waals surface area contributed by atoms with E-state index >= 15 is 0 Å². The van der Waals surface area contributed by atoms with Crippen LogP contribution in [0.4, 0.5) is 4.39 Å². The third-order valence-corrected chi connectivity index (χ3v) is 2.97. The number of alkyl halides is 1. The zero-order valence-electron chi connectivity index (χ0n) is 11.4. The van der Waals surface area contributed by atoms with Crippen LogP contribution in [0.25, 0.3) is 0 Å². The van der Waals surface area contributed by atoms with Crippen molar-refractivity contribution in [1.82, 2.24) is 0 Å². The Kier molecular flexibility index (Phi) is 6.73. The van der Waals surface area contributed by atoms with Gasteiger partial charge in [-0.3, -0.25) is 0 Å². The molecule has 0 aromatic heterocycles. The van der Waals surface area contributed by atoms with Crippen molar-refractivity contribution >= 4 is 0 Å². The summed E-state index contributed by atoms with van der Waals surface area (Å²) in [6, 6.07) is 8.20. The van der Waals surface area contributed by atoms with E-state index in [4.69, 9.17) is 10.5 Å². The Balaban J connectivity index is 2.38. The SMILES string of the molecule is C[C@@H](CC[C@H](C)N)Cc1ccc(OCCF)cc1. The third-order valence-electron chi connectivity index (χ3n) is 2.97. The summed E-state index contributed by atoms with van der Waals surface area (Å²) in [4.78, 5) is 0. The van der Waals surface area contributed by atoms with Gasteiger partial charge in [0.05, 0.1) is 0 Å². The lowest BCUT2D eigenvalue weighted by Crippen LogP contribution is -2.16. The molecule has 3 heteroatoms. The molecule has 0 unspecified atom stereocenters. The first-order valence-corrected chi connectivity index (χ1v) is 6.65. The second kappa shape index (κ2) is 8.09. The van der Waals surface area contributed by atoms with Gasteiger partial charge in [0.1, 0.15) is 19.0 Å². The highest BCUT2D eigenvalue weighted by atomic mass is 19.1. The van der Waals surface area contributed by atoms with Crippen molar-refractivity contribution < 1.29 is 9.13 Å². The van der Waals surface area contributed by atoms with Crippen LogP contribution in [0, 0.1) is 5.92 Å². The zero-order valence-corrected chi connectivity index (χ0v) is 11.4. The third kappa shape index (κ3) is 6.01. The normalized spacial score (nSPS) is 14.2. The molecular weight excluding hydrogens is 229 g/mol. The molecule has 0 fully saturated rings. The molecule has 0 bridgehead atoms. The van der Waals surface area contributed by atoms with Crippen LogP contribution in [0.15, 0.2) is 24.3 Å². The number of ether oxygens (including phenoxy) is 1. The summed E-state index contributed by atoms with van der Waals surface area (Å²) in [5.41, 5.74) is 7.04. The quantitative estimate of drug-likeness (QED) is 0.771. The van der Waals surface area contributed by atoms with E-state index in [2.05, 4.69) is 19.1 Å². The summed E-state index contributed by atoms with van der Waals surface area (Å²) in [7, 11) is 0. The highest BCUT2D eigenvalue weighted by Crippen LogP contribution is 2.17. The molecule has 0 saturated carbocycles. The lowest BCUT2D eigenvalue weighted by Gasteiger charge is -2.13. The average Bonchev–Trinajstić information content (AvgIpc) is 2.35. The van der Waals surface area contributed by atoms with Gasteiger partial charge < -0.3 is 10.5 Å². The Morgan fingerprint density at radius 3 is 2.39 bits per heavy atom. The van der Waals surface area contributed by atoms with Crippen molar-refractivity contribution in [3.8, 4) is 5.75 Å². The fraction of sp³-hybridized carbons (Fsp3) is 0.600. The first kappa shape index (κ1) is 15.0. The second-order valence-electron chi connectivity index (χ2n) is 5.05. The number of hydrogen-bond acceptors (Lipinski definition) is 2. The fourth-order valence-electron chi connectivity index (χ4n) is 1.93. The lowest BCUT2D eigenvalue weighted by molar-refractivity contribution is 0.273. The van der Waals surface area contributed by atoms with Crippen LogP contribution >= 0.6 is 0 Å². The van der Waals surface area contributed by atoms with E-state index < -0.39 is 6.67 Å². The first-order chi connectivity index (χ1) is 8.61. The maximum absolute atomic E-state index is 11.9.